The van der Waals surface area contributed by atoms with Gasteiger partial charge in [-0.05, 0) is 44.4 Å². The normalized spacial score (nSPS) is 16.7. The maximum Gasteiger partial charge on any atom is 0.255 e. The lowest BCUT2D eigenvalue weighted by Gasteiger charge is -2.25. The van der Waals surface area contributed by atoms with Gasteiger partial charge in [0.1, 0.15) is 17.7 Å². The summed E-state index contributed by atoms with van der Waals surface area (Å²) < 4.78 is 19.9. The van der Waals surface area contributed by atoms with Crippen molar-refractivity contribution in [1.82, 2.24) is 25.2 Å². The number of rotatable bonds is 8. The molecule has 0 radical (unpaired) electrons. The first-order valence-electron chi connectivity index (χ1n) is 13.6. The lowest BCUT2D eigenvalue weighted by molar-refractivity contribution is -0.125. The fraction of sp³-hybridized carbons (Fsp3) is 0.414. The molecule has 216 valence electrons. The monoisotopic (exact) mass is 581 g/mol. The molecular weight excluding hydrogens is 549 g/mol. The van der Waals surface area contributed by atoms with Crippen LogP contribution in [-0.4, -0.2) is 71.1 Å². The lowest BCUT2D eigenvalue weighted by atomic mass is 10.0. The van der Waals surface area contributed by atoms with E-state index in [1.807, 2.05) is 12.1 Å². The van der Waals surface area contributed by atoms with Crippen LogP contribution in [0.3, 0.4) is 0 Å². The Morgan fingerprint density at radius 1 is 1.17 bits per heavy atom. The predicted octanol–water partition coefficient (Wildman–Crippen LogP) is 4.21. The molecule has 0 saturated carbocycles. The van der Waals surface area contributed by atoms with Gasteiger partial charge in [-0.25, -0.2) is 19.3 Å². The van der Waals surface area contributed by atoms with E-state index in [2.05, 4.69) is 25.6 Å². The summed E-state index contributed by atoms with van der Waals surface area (Å²) in [6.45, 7) is 5.02. The van der Waals surface area contributed by atoms with Crippen LogP contribution in [0.2, 0.25) is 5.02 Å². The summed E-state index contributed by atoms with van der Waals surface area (Å²) in [4.78, 5) is 42.9. The van der Waals surface area contributed by atoms with E-state index in [0.29, 0.717) is 52.4 Å². The molecule has 41 heavy (non-hydrogen) atoms. The van der Waals surface area contributed by atoms with E-state index in [1.165, 1.54) is 4.90 Å². The van der Waals surface area contributed by atoms with E-state index in [-0.39, 0.29) is 24.4 Å². The SMILES string of the molecule is C[C@H](C(=O)N[C@H](C)c1cc(N(C)C)ncc1F)N1Cc2ccc(-c3nc(NC4CCOCC4)ncc3Cl)cc2C1=O. The van der Waals surface area contributed by atoms with E-state index < -0.39 is 17.9 Å². The first-order valence-corrected chi connectivity index (χ1v) is 13.9. The maximum atomic E-state index is 14.5. The average Bonchev–Trinajstić information content (AvgIpc) is 3.29. The number of hydrogen-bond acceptors (Lipinski definition) is 8. The number of nitrogens with one attached hydrogen (secondary N) is 2. The van der Waals surface area contributed by atoms with Gasteiger partial charge >= 0.3 is 0 Å². The molecule has 1 fully saturated rings. The van der Waals surface area contributed by atoms with Gasteiger partial charge in [0.05, 0.1) is 29.2 Å². The summed E-state index contributed by atoms with van der Waals surface area (Å²) in [6, 6.07) is 5.89. The van der Waals surface area contributed by atoms with Crippen molar-refractivity contribution in [3.05, 3.63) is 64.2 Å². The Kier molecular flexibility index (Phi) is 8.37. The van der Waals surface area contributed by atoms with Crippen LogP contribution in [0.15, 0.2) is 36.7 Å². The van der Waals surface area contributed by atoms with Crippen molar-refractivity contribution in [1.29, 1.82) is 0 Å². The molecule has 1 saturated heterocycles. The molecule has 2 N–H and O–H groups in total. The van der Waals surface area contributed by atoms with Crippen LogP contribution in [0.5, 0.6) is 0 Å². The molecule has 3 aromatic rings. The highest BCUT2D eigenvalue weighted by Crippen LogP contribution is 2.32. The molecule has 2 aliphatic rings. The standard InChI is InChI=1S/C29H33ClFN7O3/c1-16(21-12-25(37(3)4)32-14-24(21)31)34-27(39)17(2)38-15-19-6-5-18(11-22(19)28(38)40)26-23(30)13-33-29(36-26)35-20-7-9-41-10-8-20/h5-6,11-14,16-17,20H,7-10,15H2,1-4H3,(H,34,39)(H,33,35,36)/t16-,17-/m1/s1. The Morgan fingerprint density at radius 3 is 2.66 bits per heavy atom. The number of halogens is 2. The summed E-state index contributed by atoms with van der Waals surface area (Å²) in [5, 5.41) is 6.55. The second kappa shape index (κ2) is 12.0. The minimum absolute atomic E-state index is 0.216. The first kappa shape index (κ1) is 28.7. The molecule has 5 rings (SSSR count). The molecule has 0 spiro atoms. The predicted molar refractivity (Wildman–Crippen MR) is 154 cm³/mol. The highest BCUT2D eigenvalue weighted by atomic mass is 35.5. The zero-order valence-electron chi connectivity index (χ0n) is 23.4. The first-order chi connectivity index (χ1) is 19.6. The zero-order valence-corrected chi connectivity index (χ0v) is 24.2. The number of fused-ring (bicyclic) bond motifs is 1. The molecule has 0 bridgehead atoms. The molecule has 1 aromatic carbocycles. The van der Waals surface area contributed by atoms with Crippen molar-refractivity contribution < 1.29 is 18.7 Å². The molecule has 12 heteroatoms. The van der Waals surface area contributed by atoms with Crippen molar-refractivity contribution in [2.24, 2.45) is 0 Å². The van der Waals surface area contributed by atoms with Crippen LogP contribution in [0.4, 0.5) is 16.2 Å². The summed E-state index contributed by atoms with van der Waals surface area (Å²) >= 11 is 6.46. The van der Waals surface area contributed by atoms with Gasteiger partial charge in [0.2, 0.25) is 11.9 Å². The number of ether oxygens (including phenoxy) is 1. The van der Waals surface area contributed by atoms with E-state index in [9.17, 15) is 14.0 Å². The molecule has 2 amide bonds. The van der Waals surface area contributed by atoms with E-state index in [4.69, 9.17) is 16.3 Å². The minimum Gasteiger partial charge on any atom is -0.381 e. The average molecular weight is 582 g/mol. The molecule has 2 aromatic heterocycles. The Balaban J connectivity index is 1.30. The number of pyridine rings is 1. The summed E-state index contributed by atoms with van der Waals surface area (Å²) in [7, 11) is 3.61. The van der Waals surface area contributed by atoms with Crippen molar-refractivity contribution in [3.8, 4) is 11.3 Å². The smallest absolute Gasteiger partial charge is 0.255 e. The summed E-state index contributed by atoms with van der Waals surface area (Å²) in [6.07, 6.45) is 4.42. The number of nitrogens with zero attached hydrogens (tertiary/aromatic N) is 5. The second-order valence-electron chi connectivity index (χ2n) is 10.6. The molecule has 2 atom stereocenters. The number of amides is 2. The number of aromatic nitrogens is 3. The quantitative estimate of drug-likeness (QED) is 0.407. The molecular formula is C29H33ClFN7O3. The Labute approximate surface area is 243 Å². The zero-order chi connectivity index (χ0) is 29.3. The molecule has 2 aliphatic heterocycles. The summed E-state index contributed by atoms with van der Waals surface area (Å²) in [5.41, 5.74) is 2.79. The highest BCUT2D eigenvalue weighted by molar-refractivity contribution is 6.33. The van der Waals surface area contributed by atoms with Crippen LogP contribution in [0.1, 0.15) is 54.2 Å². The third kappa shape index (κ3) is 6.11. The minimum atomic E-state index is -0.781. The van der Waals surface area contributed by atoms with Gasteiger partial charge in [-0.15, -0.1) is 0 Å². The maximum absolute atomic E-state index is 14.5. The second-order valence-corrected chi connectivity index (χ2v) is 11.0. The number of benzene rings is 1. The molecule has 0 aliphatic carbocycles. The largest absolute Gasteiger partial charge is 0.381 e. The van der Waals surface area contributed by atoms with E-state index >= 15 is 0 Å². The van der Waals surface area contributed by atoms with Crippen LogP contribution < -0.4 is 15.5 Å². The number of anilines is 2. The highest BCUT2D eigenvalue weighted by Gasteiger charge is 2.35. The van der Waals surface area contributed by atoms with Gasteiger partial charge in [0.15, 0.2) is 0 Å². The van der Waals surface area contributed by atoms with Crippen molar-refractivity contribution in [3.63, 3.8) is 0 Å². The Bertz CT molecular complexity index is 1460. The summed E-state index contributed by atoms with van der Waals surface area (Å²) in [5.74, 6) is -0.126. The Morgan fingerprint density at radius 2 is 1.93 bits per heavy atom. The number of carbonyl (C=O) groups is 2. The molecule has 4 heterocycles. The third-order valence-corrected chi connectivity index (χ3v) is 7.79. The van der Waals surface area contributed by atoms with Gasteiger partial charge < -0.3 is 25.2 Å². The lowest BCUT2D eigenvalue weighted by Crippen LogP contribution is -2.46. The van der Waals surface area contributed by atoms with Gasteiger partial charge in [0.25, 0.3) is 5.91 Å². The van der Waals surface area contributed by atoms with Crippen LogP contribution >= 0.6 is 11.6 Å². The van der Waals surface area contributed by atoms with Gasteiger partial charge in [-0.3, -0.25) is 9.59 Å². The van der Waals surface area contributed by atoms with Crippen LogP contribution in [-0.2, 0) is 16.1 Å². The fourth-order valence-corrected chi connectivity index (χ4v) is 5.22. The molecule has 10 nitrogen and oxygen atoms in total. The van der Waals surface area contributed by atoms with Crippen LogP contribution in [0, 0.1) is 5.82 Å². The number of carbonyl (C=O) groups excluding carboxylic acids is 2. The number of hydrogen-bond donors (Lipinski definition) is 2. The van der Waals surface area contributed by atoms with Crippen molar-refractivity contribution in [2.75, 3.05) is 37.5 Å². The molecule has 0 unspecified atom stereocenters. The van der Waals surface area contributed by atoms with Crippen LogP contribution in [0.25, 0.3) is 11.3 Å². The third-order valence-electron chi connectivity index (χ3n) is 7.51. The Hall–Kier alpha value is -3.83. The van der Waals surface area contributed by atoms with Gasteiger partial charge in [-0.1, -0.05) is 23.7 Å². The fourth-order valence-electron chi connectivity index (χ4n) is 5.02. The van der Waals surface area contributed by atoms with Gasteiger partial charge in [0, 0.05) is 56.6 Å². The topological polar surface area (TPSA) is 113 Å². The van der Waals surface area contributed by atoms with Gasteiger partial charge in [-0.2, -0.15) is 0 Å². The van der Waals surface area contributed by atoms with E-state index in [0.717, 1.165) is 24.6 Å². The van der Waals surface area contributed by atoms with E-state index in [1.54, 1.807) is 51.2 Å². The van der Waals surface area contributed by atoms with Crippen molar-refractivity contribution >= 4 is 35.2 Å². The van der Waals surface area contributed by atoms with Crippen molar-refractivity contribution in [2.45, 2.75) is 51.4 Å².